The van der Waals surface area contributed by atoms with Crippen LogP contribution in [0.2, 0.25) is 0 Å². The minimum Gasteiger partial charge on any atom is -0.352 e. The third kappa shape index (κ3) is 4.85. The molecule has 0 radical (unpaired) electrons. The van der Waals surface area contributed by atoms with E-state index in [-0.39, 0.29) is 17.2 Å². The molecule has 1 saturated carbocycles. The lowest BCUT2D eigenvalue weighted by atomic mass is 9.86. The predicted octanol–water partition coefficient (Wildman–Crippen LogP) is 4.62. The van der Waals surface area contributed by atoms with Gasteiger partial charge in [0.15, 0.2) is 11.0 Å². The molecular formula is C22H30N4OS. The Morgan fingerprint density at radius 3 is 2.89 bits per heavy atom. The summed E-state index contributed by atoms with van der Waals surface area (Å²) in [6, 6.07) is 8.50. The zero-order valence-corrected chi connectivity index (χ0v) is 17.8. The lowest BCUT2D eigenvalue weighted by molar-refractivity contribution is -0.121. The van der Waals surface area contributed by atoms with Crippen molar-refractivity contribution in [1.82, 2.24) is 20.1 Å². The molecule has 0 spiro atoms. The Morgan fingerprint density at radius 2 is 2.18 bits per heavy atom. The van der Waals surface area contributed by atoms with Crippen LogP contribution in [0.4, 0.5) is 0 Å². The van der Waals surface area contributed by atoms with Crippen molar-refractivity contribution in [2.45, 2.75) is 69.4 Å². The molecule has 3 atom stereocenters. The number of allylic oxidation sites excluding steroid dienone is 1. The van der Waals surface area contributed by atoms with E-state index in [0.717, 1.165) is 23.0 Å². The van der Waals surface area contributed by atoms with Gasteiger partial charge in [0.1, 0.15) is 0 Å². The molecule has 5 nitrogen and oxygen atoms in total. The number of rotatable bonds is 7. The van der Waals surface area contributed by atoms with Gasteiger partial charge in [0.25, 0.3) is 0 Å². The summed E-state index contributed by atoms with van der Waals surface area (Å²) in [5.74, 6) is 1.43. The van der Waals surface area contributed by atoms with Gasteiger partial charge in [0.2, 0.25) is 5.91 Å². The van der Waals surface area contributed by atoms with Gasteiger partial charge in [-0.15, -0.1) is 16.8 Å². The molecule has 0 aliphatic heterocycles. The summed E-state index contributed by atoms with van der Waals surface area (Å²) in [6.07, 6.45) is 6.57. The Hall–Kier alpha value is -2.08. The monoisotopic (exact) mass is 398 g/mol. The topological polar surface area (TPSA) is 59.8 Å². The molecule has 0 saturated heterocycles. The molecular weight excluding hydrogens is 368 g/mol. The number of carbonyl (C=O) groups excluding carboxylic acids is 1. The Bertz CT molecular complexity index is 832. The van der Waals surface area contributed by atoms with Crippen molar-refractivity contribution in [2.24, 2.45) is 5.92 Å². The van der Waals surface area contributed by atoms with Gasteiger partial charge in [-0.1, -0.05) is 61.4 Å². The van der Waals surface area contributed by atoms with E-state index in [1.54, 1.807) is 0 Å². The first-order chi connectivity index (χ1) is 13.5. The van der Waals surface area contributed by atoms with Crippen LogP contribution in [-0.2, 0) is 11.3 Å². The first-order valence-corrected chi connectivity index (χ1v) is 11.0. The molecule has 1 N–H and O–H groups in total. The molecule has 2 aromatic rings. The maximum atomic E-state index is 12.7. The fourth-order valence-corrected chi connectivity index (χ4v) is 4.58. The SMILES string of the molecule is C=CCn1c(SC(C)C(=O)NC2CCCCC2C)nnc1-c1cccc(C)c1. The molecule has 3 rings (SSSR count). The normalized spacial score (nSPS) is 20.5. The molecule has 0 bridgehead atoms. The van der Waals surface area contributed by atoms with Crippen LogP contribution in [0.3, 0.4) is 0 Å². The number of hydrogen-bond acceptors (Lipinski definition) is 4. The van der Waals surface area contributed by atoms with Crippen LogP contribution in [0.15, 0.2) is 42.1 Å². The van der Waals surface area contributed by atoms with Gasteiger partial charge >= 0.3 is 0 Å². The number of nitrogens with zero attached hydrogens (tertiary/aromatic N) is 3. The van der Waals surface area contributed by atoms with Crippen LogP contribution >= 0.6 is 11.8 Å². The quantitative estimate of drug-likeness (QED) is 0.546. The van der Waals surface area contributed by atoms with Crippen molar-refractivity contribution in [3.05, 3.63) is 42.5 Å². The number of thioether (sulfide) groups is 1. The smallest absolute Gasteiger partial charge is 0.233 e. The van der Waals surface area contributed by atoms with Gasteiger partial charge in [-0.3, -0.25) is 9.36 Å². The van der Waals surface area contributed by atoms with Crippen molar-refractivity contribution in [3.63, 3.8) is 0 Å². The highest BCUT2D eigenvalue weighted by atomic mass is 32.2. The van der Waals surface area contributed by atoms with Crippen molar-refractivity contribution in [2.75, 3.05) is 0 Å². The van der Waals surface area contributed by atoms with E-state index in [4.69, 9.17) is 0 Å². The molecule has 6 heteroatoms. The fourth-order valence-electron chi connectivity index (χ4n) is 3.71. The number of benzene rings is 1. The summed E-state index contributed by atoms with van der Waals surface area (Å²) in [5, 5.41) is 12.5. The van der Waals surface area contributed by atoms with Gasteiger partial charge in [0, 0.05) is 18.2 Å². The molecule has 1 aromatic carbocycles. The Kier molecular flexibility index (Phi) is 6.94. The highest BCUT2D eigenvalue weighted by Crippen LogP contribution is 2.28. The van der Waals surface area contributed by atoms with Crippen LogP contribution < -0.4 is 5.32 Å². The Morgan fingerprint density at radius 1 is 1.39 bits per heavy atom. The van der Waals surface area contributed by atoms with Crippen LogP contribution in [0.5, 0.6) is 0 Å². The maximum Gasteiger partial charge on any atom is 0.233 e. The number of hydrogen-bond donors (Lipinski definition) is 1. The molecule has 1 amide bonds. The molecule has 1 aromatic heterocycles. The third-order valence-corrected chi connectivity index (χ3v) is 6.48. The molecule has 1 aliphatic carbocycles. The summed E-state index contributed by atoms with van der Waals surface area (Å²) in [6.45, 7) is 10.7. The highest BCUT2D eigenvalue weighted by molar-refractivity contribution is 8.00. The molecule has 1 heterocycles. The van der Waals surface area contributed by atoms with E-state index >= 15 is 0 Å². The summed E-state index contributed by atoms with van der Waals surface area (Å²) in [7, 11) is 0. The molecule has 150 valence electrons. The van der Waals surface area contributed by atoms with E-state index in [9.17, 15) is 4.79 Å². The Balaban J connectivity index is 1.74. The van der Waals surface area contributed by atoms with E-state index in [1.807, 2.05) is 29.7 Å². The first kappa shape index (κ1) is 20.6. The first-order valence-electron chi connectivity index (χ1n) is 10.1. The predicted molar refractivity (Wildman–Crippen MR) is 115 cm³/mol. The second kappa shape index (κ2) is 9.41. The largest absolute Gasteiger partial charge is 0.352 e. The average Bonchev–Trinajstić information content (AvgIpc) is 3.06. The number of amides is 1. The van der Waals surface area contributed by atoms with E-state index in [2.05, 4.69) is 48.1 Å². The summed E-state index contributed by atoms with van der Waals surface area (Å²) < 4.78 is 2.03. The standard InChI is InChI=1S/C22H30N4OS/c1-5-13-26-20(18-11-8-9-15(2)14-18)24-25-22(26)28-17(4)21(27)23-19-12-7-6-10-16(19)3/h5,8-9,11,14,16-17,19H,1,6-7,10,12-13H2,2-4H3,(H,23,27). The maximum absolute atomic E-state index is 12.7. The summed E-state index contributed by atoms with van der Waals surface area (Å²) in [4.78, 5) is 12.7. The minimum absolute atomic E-state index is 0.0778. The molecule has 3 unspecified atom stereocenters. The number of carbonyl (C=O) groups is 1. The lowest BCUT2D eigenvalue weighted by Crippen LogP contribution is -2.44. The second-order valence-corrected chi connectivity index (χ2v) is 9.02. The third-order valence-electron chi connectivity index (χ3n) is 5.40. The van der Waals surface area contributed by atoms with Gasteiger partial charge in [-0.25, -0.2) is 0 Å². The van der Waals surface area contributed by atoms with E-state index in [1.165, 1.54) is 36.6 Å². The zero-order valence-electron chi connectivity index (χ0n) is 17.0. The van der Waals surface area contributed by atoms with E-state index in [0.29, 0.717) is 12.5 Å². The van der Waals surface area contributed by atoms with Gasteiger partial charge in [-0.2, -0.15) is 0 Å². The summed E-state index contributed by atoms with van der Waals surface area (Å²) in [5.41, 5.74) is 2.20. The second-order valence-electron chi connectivity index (χ2n) is 7.71. The fraction of sp³-hybridized carbons (Fsp3) is 0.500. The van der Waals surface area contributed by atoms with Crippen LogP contribution in [0.1, 0.15) is 45.1 Å². The van der Waals surface area contributed by atoms with Crippen LogP contribution in [0, 0.1) is 12.8 Å². The zero-order chi connectivity index (χ0) is 20.1. The lowest BCUT2D eigenvalue weighted by Gasteiger charge is -2.30. The van der Waals surface area contributed by atoms with E-state index < -0.39 is 0 Å². The Labute approximate surface area is 172 Å². The highest BCUT2D eigenvalue weighted by Gasteiger charge is 2.26. The number of nitrogens with one attached hydrogen (secondary N) is 1. The van der Waals surface area contributed by atoms with Gasteiger partial charge < -0.3 is 5.32 Å². The molecule has 1 aliphatic rings. The molecule has 1 fully saturated rings. The number of aromatic nitrogens is 3. The average molecular weight is 399 g/mol. The van der Waals surface area contributed by atoms with Crippen molar-refractivity contribution < 1.29 is 4.79 Å². The van der Waals surface area contributed by atoms with Gasteiger partial charge in [-0.05, 0) is 38.7 Å². The molecule has 28 heavy (non-hydrogen) atoms. The van der Waals surface area contributed by atoms with Crippen LogP contribution in [0.25, 0.3) is 11.4 Å². The van der Waals surface area contributed by atoms with Crippen molar-refractivity contribution in [3.8, 4) is 11.4 Å². The minimum atomic E-state index is -0.229. The summed E-state index contributed by atoms with van der Waals surface area (Å²) >= 11 is 1.46. The number of aryl methyl sites for hydroxylation is 1. The van der Waals surface area contributed by atoms with Crippen molar-refractivity contribution >= 4 is 17.7 Å². The van der Waals surface area contributed by atoms with Crippen LogP contribution in [-0.4, -0.2) is 32.0 Å². The van der Waals surface area contributed by atoms with Gasteiger partial charge in [0.05, 0.1) is 5.25 Å². The van der Waals surface area contributed by atoms with Crippen molar-refractivity contribution in [1.29, 1.82) is 0 Å².